The fourth-order valence-corrected chi connectivity index (χ4v) is 5.53. The second-order valence-electron chi connectivity index (χ2n) is 7.11. The van der Waals surface area contributed by atoms with Gasteiger partial charge in [0.25, 0.3) is 0 Å². The summed E-state index contributed by atoms with van der Waals surface area (Å²) in [6, 6.07) is 7.44. The number of nitrogens with one attached hydrogen (secondary N) is 1. The summed E-state index contributed by atoms with van der Waals surface area (Å²) in [5, 5.41) is 14.1. The summed E-state index contributed by atoms with van der Waals surface area (Å²) in [6.45, 7) is 0. The van der Waals surface area contributed by atoms with Gasteiger partial charge in [0.15, 0.2) is 0 Å². The number of carbonyl (C=O) groups is 1. The van der Waals surface area contributed by atoms with Crippen LogP contribution < -0.4 is 5.32 Å². The van der Waals surface area contributed by atoms with E-state index in [1.807, 2.05) is 24.3 Å². The summed E-state index contributed by atoms with van der Waals surface area (Å²) >= 11 is 6.05. The molecule has 5 rings (SSSR count). The lowest BCUT2D eigenvalue weighted by Gasteiger charge is -2.59. The largest absolute Gasteiger partial charge is 0.479 e. The first-order valence-corrected chi connectivity index (χ1v) is 8.23. The molecule has 0 spiro atoms. The normalized spacial score (nSPS) is 40.2. The van der Waals surface area contributed by atoms with E-state index in [2.05, 4.69) is 5.32 Å². The summed E-state index contributed by atoms with van der Waals surface area (Å²) < 4.78 is 0. The molecule has 4 fully saturated rings. The van der Waals surface area contributed by atoms with E-state index in [0.717, 1.165) is 43.2 Å². The minimum atomic E-state index is -0.794. The van der Waals surface area contributed by atoms with Crippen LogP contribution in [0.2, 0.25) is 5.02 Å². The topological polar surface area (TPSA) is 49.3 Å². The van der Waals surface area contributed by atoms with Crippen LogP contribution in [0, 0.1) is 23.7 Å². The molecule has 0 aromatic heterocycles. The smallest absolute Gasteiger partial charge is 0.329 e. The standard InChI is InChI=1S/C17H20ClNO2/c18-14-2-1-3-15(9-14)19-17(16(20)21)12-5-10-4-11(7-12)8-13(17)6-10/h1-3,9-13,19H,4-8H2,(H,20,21). The molecule has 4 aliphatic carbocycles. The van der Waals surface area contributed by atoms with E-state index < -0.39 is 11.5 Å². The van der Waals surface area contributed by atoms with Gasteiger partial charge in [0.2, 0.25) is 0 Å². The van der Waals surface area contributed by atoms with Gasteiger partial charge in [-0.2, -0.15) is 0 Å². The number of anilines is 1. The van der Waals surface area contributed by atoms with Gasteiger partial charge in [-0.05, 0) is 74.0 Å². The number of hydrogen-bond donors (Lipinski definition) is 2. The van der Waals surface area contributed by atoms with Gasteiger partial charge in [-0.3, -0.25) is 0 Å². The second-order valence-corrected chi connectivity index (χ2v) is 7.55. The molecular formula is C17H20ClNO2. The molecule has 0 aliphatic heterocycles. The summed E-state index contributed by atoms with van der Waals surface area (Å²) in [4.78, 5) is 12.2. The molecule has 112 valence electrons. The Morgan fingerprint density at radius 3 is 2.29 bits per heavy atom. The fourth-order valence-electron chi connectivity index (χ4n) is 5.34. The Kier molecular flexibility index (Phi) is 2.97. The quantitative estimate of drug-likeness (QED) is 0.886. The van der Waals surface area contributed by atoms with Crippen molar-refractivity contribution >= 4 is 23.3 Å². The van der Waals surface area contributed by atoms with Gasteiger partial charge in [-0.25, -0.2) is 4.79 Å². The van der Waals surface area contributed by atoms with Gasteiger partial charge >= 0.3 is 5.97 Å². The fraction of sp³-hybridized carbons (Fsp3) is 0.588. The van der Waals surface area contributed by atoms with Crippen LogP contribution >= 0.6 is 11.6 Å². The molecule has 2 N–H and O–H groups in total. The highest BCUT2D eigenvalue weighted by atomic mass is 35.5. The van der Waals surface area contributed by atoms with Gasteiger partial charge in [0.1, 0.15) is 5.54 Å². The monoisotopic (exact) mass is 305 g/mol. The van der Waals surface area contributed by atoms with Crippen molar-refractivity contribution in [3.05, 3.63) is 29.3 Å². The highest BCUT2D eigenvalue weighted by molar-refractivity contribution is 6.30. The average Bonchev–Trinajstić information content (AvgIpc) is 2.42. The average molecular weight is 306 g/mol. The number of carboxylic acid groups (broad SMARTS) is 1. The zero-order valence-corrected chi connectivity index (χ0v) is 12.6. The molecule has 21 heavy (non-hydrogen) atoms. The van der Waals surface area contributed by atoms with Crippen molar-refractivity contribution in [3.8, 4) is 0 Å². The van der Waals surface area contributed by atoms with Crippen molar-refractivity contribution in [2.45, 2.75) is 37.6 Å². The third-order valence-corrected chi connectivity index (χ3v) is 6.19. The maximum absolute atomic E-state index is 12.2. The predicted molar refractivity (Wildman–Crippen MR) is 82.5 cm³/mol. The Bertz CT molecular complexity index is 558. The Hall–Kier alpha value is -1.22. The third kappa shape index (κ3) is 1.97. The highest BCUT2D eigenvalue weighted by Gasteiger charge is 2.61. The van der Waals surface area contributed by atoms with Gasteiger partial charge in [0.05, 0.1) is 0 Å². The molecule has 0 unspecified atom stereocenters. The van der Waals surface area contributed by atoms with Crippen LogP contribution in [-0.2, 0) is 4.79 Å². The van der Waals surface area contributed by atoms with E-state index >= 15 is 0 Å². The van der Waals surface area contributed by atoms with E-state index in [-0.39, 0.29) is 11.8 Å². The van der Waals surface area contributed by atoms with Crippen molar-refractivity contribution in [1.82, 2.24) is 0 Å². The molecule has 1 aromatic carbocycles. The Morgan fingerprint density at radius 2 is 1.76 bits per heavy atom. The molecule has 4 aliphatic rings. The van der Waals surface area contributed by atoms with E-state index in [9.17, 15) is 9.90 Å². The lowest BCUT2D eigenvalue weighted by Crippen LogP contribution is -2.65. The highest BCUT2D eigenvalue weighted by Crippen LogP contribution is 2.59. The molecule has 0 amide bonds. The second kappa shape index (κ2) is 4.64. The van der Waals surface area contributed by atoms with Crippen LogP contribution in [0.1, 0.15) is 32.1 Å². The first kappa shape index (κ1) is 13.4. The van der Waals surface area contributed by atoms with E-state index in [0.29, 0.717) is 5.02 Å². The van der Waals surface area contributed by atoms with E-state index in [1.165, 1.54) is 6.42 Å². The number of aliphatic carboxylic acids is 1. The van der Waals surface area contributed by atoms with Gasteiger partial charge in [-0.15, -0.1) is 0 Å². The Balaban J connectivity index is 1.72. The minimum absolute atomic E-state index is 0.255. The zero-order chi connectivity index (χ0) is 14.6. The number of halogens is 1. The molecule has 3 nitrogen and oxygen atoms in total. The summed E-state index contributed by atoms with van der Waals surface area (Å²) in [6.07, 6.45) is 5.57. The lowest BCUT2D eigenvalue weighted by atomic mass is 9.48. The van der Waals surface area contributed by atoms with Crippen LogP contribution in [0.3, 0.4) is 0 Å². The molecule has 0 saturated heterocycles. The summed E-state index contributed by atoms with van der Waals surface area (Å²) in [5.41, 5.74) is 0.0374. The molecule has 0 heterocycles. The van der Waals surface area contributed by atoms with Crippen molar-refractivity contribution < 1.29 is 9.90 Å². The number of hydrogen-bond acceptors (Lipinski definition) is 2. The molecule has 0 atom stereocenters. The SMILES string of the molecule is O=C(O)C1(Nc2cccc(Cl)c2)C2CC3CC(C2)CC1C3. The van der Waals surface area contributed by atoms with E-state index in [4.69, 9.17) is 11.6 Å². The molecule has 1 aromatic rings. The van der Waals surface area contributed by atoms with Gasteiger partial charge in [0, 0.05) is 10.7 Å². The van der Waals surface area contributed by atoms with Crippen LogP contribution in [0.25, 0.3) is 0 Å². The van der Waals surface area contributed by atoms with Crippen molar-refractivity contribution in [1.29, 1.82) is 0 Å². The van der Waals surface area contributed by atoms with Gasteiger partial charge in [-0.1, -0.05) is 17.7 Å². The Morgan fingerprint density at radius 1 is 1.14 bits per heavy atom. The molecule has 4 bridgehead atoms. The number of benzene rings is 1. The first-order valence-electron chi connectivity index (χ1n) is 7.85. The number of rotatable bonds is 3. The van der Waals surface area contributed by atoms with E-state index in [1.54, 1.807) is 0 Å². The van der Waals surface area contributed by atoms with Gasteiger partial charge < -0.3 is 10.4 Å². The summed E-state index contributed by atoms with van der Waals surface area (Å²) in [7, 11) is 0. The first-order chi connectivity index (χ1) is 10.1. The van der Waals surface area contributed by atoms with Crippen molar-refractivity contribution in [3.63, 3.8) is 0 Å². The molecule has 0 radical (unpaired) electrons. The molecular weight excluding hydrogens is 286 g/mol. The van der Waals surface area contributed by atoms with Crippen LogP contribution in [-0.4, -0.2) is 16.6 Å². The number of carboxylic acids is 1. The molecule has 4 saturated carbocycles. The molecule has 4 heteroatoms. The minimum Gasteiger partial charge on any atom is -0.479 e. The van der Waals surface area contributed by atoms with Crippen LogP contribution in [0.15, 0.2) is 24.3 Å². The maximum Gasteiger partial charge on any atom is 0.329 e. The zero-order valence-electron chi connectivity index (χ0n) is 11.9. The van der Waals surface area contributed by atoms with Crippen LogP contribution in [0.4, 0.5) is 5.69 Å². The lowest BCUT2D eigenvalue weighted by molar-refractivity contribution is -0.157. The van der Waals surface area contributed by atoms with Crippen molar-refractivity contribution in [2.75, 3.05) is 5.32 Å². The predicted octanol–water partition coefficient (Wildman–Crippen LogP) is 4.03. The Labute approximate surface area is 129 Å². The maximum atomic E-state index is 12.2. The summed E-state index contributed by atoms with van der Waals surface area (Å²) in [5.74, 6) is 1.33. The van der Waals surface area contributed by atoms with Crippen molar-refractivity contribution in [2.24, 2.45) is 23.7 Å². The van der Waals surface area contributed by atoms with Crippen LogP contribution in [0.5, 0.6) is 0 Å². The third-order valence-electron chi connectivity index (χ3n) is 5.96.